The molecule has 4 heteroatoms. The van der Waals surface area contributed by atoms with Gasteiger partial charge in [0.1, 0.15) is 0 Å². The van der Waals surface area contributed by atoms with E-state index in [9.17, 15) is 4.79 Å². The second-order valence-corrected chi connectivity index (χ2v) is 5.74. The molecule has 19 heavy (non-hydrogen) atoms. The molecule has 1 aliphatic rings. The van der Waals surface area contributed by atoms with Gasteiger partial charge in [-0.05, 0) is 25.2 Å². The van der Waals surface area contributed by atoms with Crippen molar-refractivity contribution in [1.82, 2.24) is 9.80 Å². The zero-order valence-corrected chi connectivity index (χ0v) is 12.9. The monoisotopic (exact) mass is 269 g/mol. The van der Waals surface area contributed by atoms with Gasteiger partial charge in [0.25, 0.3) is 0 Å². The molecule has 1 saturated heterocycles. The third-order valence-electron chi connectivity index (χ3n) is 4.10. The van der Waals surface area contributed by atoms with Gasteiger partial charge < -0.3 is 10.6 Å². The molecule has 1 heterocycles. The van der Waals surface area contributed by atoms with Crippen molar-refractivity contribution in [1.29, 1.82) is 0 Å². The van der Waals surface area contributed by atoms with Crippen LogP contribution in [0.15, 0.2) is 0 Å². The first-order valence-corrected chi connectivity index (χ1v) is 7.88. The minimum atomic E-state index is 0.286. The maximum Gasteiger partial charge on any atom is 0.236 e. The smallest absolute Gasteiger partial charge is 0.236 e. The third-order valence-corrected chi connectivity index (χ3v) is 4.10. The number of carbonyl (C=O) groups excluding carboxylic acids is 1. The van der Waals surface area contributed by atoms with Gasteiger partial charge in [-0.15, -0.1) is 0 Å². The lowest BCUT2D eigenvalue weighted by Crippen LogP contribution is -2.50. The van der Waals surface area contributed by atoms with Crippen molar-refractivity contribution < 1.29 is 4.79 Å². The average Bonchev–Trinajstić information content (AvgIpc) is 2.40. The van der Waals surface area contributed by atoms with Crippen molar-refractivity contribution in [2.75, 3.05) is 32.7 Å². The van der Waals surface area contributed by atoms with E-state index in [0.29, 0.717) is 18.5 Å². The van der Waals surface area contributed by atoms with Crippen LogP contribution >= 0.6 is 0 Å². The Labute approximate surface area is 118 Å². The lowest BCUT2D eigenvalue weighted by molar-refractivity contribution is -0.133. The van der Waals surface area contributed by atoms with Gasteiger partial charge >= 0.3 is 0 Å². The molecule has 0 aliphatic carbocycles. The van der Waals surface area contributed by atoms with Crippen LogP contribution in [0, 0.1) is 5.92 Å². The molecule has 0 aromatic rings. The molecule has 0 aromatic heterocycles. The molecule has 1 rings (SSSR count). The highest BCUT2D eigenvalue weighted by molar-refractivity contribution is 5.78. The second-order valence-electron chi connectivity index (χ2n) is 5.74. The van der Waals surface area contributed by atoms with E-state index in [4.69, 9.17) is 5.73 Å². The van der Waals surface area contributed by atoms with E-state index in [1.54, 1.807) is 0 Å². The Hall–Kier alpha value is -0.610. The summed E-state index contributed by atoms with van der Waals surface area (Å²) in [5, 5.41) is 0. The average molecular weight is 269 g/mol. The molecule has 0 radical (unpaired) electrons. The molecular formula is C15H31N3O. The summed E-state index contributed by atoms with van der Waals surface area (Å²) in [5.74, 6) is 0.835. The number of nitrogens with zero attached hydrogens (tertiary/aromatic N) is 2. The fraction of sp³-hybridized carbons (Fsp3) is 0.933. The maximum absolute atomic E-state index is 12.3. The third kappa shape index (κ3) is 5.11. The van der Waals surface area contributed by atoms with E-state index in [2.05, 4.69) is 25.7 Å². The Balaban J connectivity index is 2.46. The van der Waals surface area contributed by atoms with E-state index in [1.165, 1.54) is 0 Å². The Morgan fingerprint density at radius 2 is 1.89 bits per heavy atom. The standard InChI is InChI=1S/C15H31N3O/c1-4-8-18(9-5-2)15(19)12-17-10-7-14(16)13(6-3)11-17/h13-14H,4-12,16H2,1-3H3. The van der Waals surface area contributed by atoms with Crippen LogP contribution in [0.4, 0.5) is 0 Å². The van der Waals surface area contributed by atoms with Crippen molar-refractivity contribution in [3.8, 4) is 0 Å². The van der Waals surface area contributed by atoms with Gasteiger partial charge in [-0.3, -0.25) is 9.69 Å². The number of hydrogen-bond acceptors (Lipinski definition) is 3. The highest BCUT2D eigenvalue weighted by Crippen LogP contribution is 2.18. The maximum atomic E-state index is 12.3. The van der Waals surface area contributed by atoms with Gasteiger partial charge in [0, 0.05) is 32.2 Å². The molecule has 112 valence electrons. The Bertz CT molecular complexity index is 264. The highest BCUT2D eigenvalue weighted by atomic mass is 16.2. The fourth-order valence-electron chi connectivity index (χ4n) is 2.89. The van der Waals surface area contributed by atoms with Gasteiger partial charge in [-0.1, -0.05) is 27.2 Å². The van der Waals surface area contributed by atoms with Gasteiger partial charge in [0.05, 0.1) is 6.54 Å². The van der Waals surface area contributed by atoms with Crippen molar-refractivity contribution >= 4 is 5.91 Å². The van der Waals surface area contributed by atoms with Crippen molar-refractivity contribution in [3.05, 3.63) is 0 Å². The number of rotatable bonds is 7. The summed E-state index contributed by atoms with van der Waals surface area (Å²) in [5.41, 5.74) is 6.12. The predicted octanol–water partition coefficient (Wildman–Crippen LogP) is 1.69. The van der Waals surface area contributed by atoms with Gasteiger partial charge in [-0.25, -0.2) is 0 Å². The number of hydrogen-bond donors (Lipinski definition) is 1. The lowest BCUT2D eigenvalue weighted by atomic mass is 9.91. The summed E-state index contributed by atoms with van der Waals surface area (Å²) in [4.78, 5) is 16.6. The Kier molecular flexibility index (Phi) is 7.39. The molecule has 1 fully saturated rings. The molecule has 4 nitrogen and oxygen atoms in total. The number of amides is 1. The van der Waals surface area contributed by atoms with Crippen LogP contribution in [-0.4, -0.2) is 54.5 Å². The van der Waals surface area contributed by atoms with E-state index < -0.39 is 0 Å². The lowest BCUT2D eigenvalue weighted by Gasteiger charge is -2.37. The first-order valence-electron chi connectivity index (χ1n) is 7.88. The Morgan fingerprint density at radius 3 is 2.42 bits per heavy atom. The topological polar surface area (TPSA) is 49.6 Å². The first-order chi connectivity index (χ1) is 9.12. The summed E-state index contributed by atoms with van der Waals surface area (Å²) in [6, 6.07) is 0.318. The zero-order chi connectivity index (χ0) is 14.3. The summed E-state index contributed by atoms with van der Waals surface area (Å²) in [7, 11) is 0. The number of likely N-dealkylation sites (tertiary alicyclic amines) is 1. The van der Waals surface area contributed by atoms with E-state index >= 15 is 0 Å². The first kappa shape index (κ1) is 16.4. The van der Waals surface area contributed by atoms with Crippen LogP contribution in [0.5, 0.6) is 0 Å². The van der Waals surface area contributed by atoms with Crippen molar-refractivity contribution in [2.24, 2.45) is 11.7 Å². The molecule has 1 aliphatic heterocycles. The molecule has 2 atom stereocenters. The minimum absolute atomic E-state index is 0.286. The van der Waals surface area contributed by atoms with Crippen molar-refractivity contribution in [3.63, 3.8) is 0 Å². The van der Waals surface area contributed by atoms with Crippen LogP contribution in [0.2, 0.25) is 0 Å². The zero-order valence-electron chi connectivity index (χ0n) is 12.9. The number of carbonyl (C=O) groups is 1. The quantitative estimate of drug-likeness (QED) is 0.765. The largest absolute Gasteiger partial charge is 0.342 e. The Morgan fingerprint density at radius 1 is 1.26 bits per heavy atom. The van der Waals surface area contributed by atoms with Crippen LogP contribution in [0.3, 0.4) is 0 Å². The second kappa shape index (κ2) is 8.54. The summed E-state index contributed by atoms with van der Waals surface area (Å²) in [6.07, 6.45) is 4.20. The molecule has 1 amide bonds. The summed E-state index contributed by atoms with van der Waals surface area (Å²) in [6.45, 7) is 10.7. The molecule has 0 spiro atoms. The van der Waals surface area contributed by atoms with Crippen LogP contribution < -0.4 is 5.73 Å². The molecule has 2 N–H and O–H groups in total. The van der Waals surface area contributed by atoms with Gasteiger partial charge in [0.15, 0.2) is 0 Å². The molecule has 2 unspecified atom stereocenters. The van der Waals surface area contributed by atoms with Crippen LogP contribution in [-0.2, 0) is 4.79 Å². The van der Waals surface area contributed by atoms with Gasteiger partial charge in [-0.2, -0.15) is 0 Å². The SMILES string of the molecule is CCCN(CCC)C(=O)CN1CCC(N)C(CC)C1. The highest BCUT2D eigenvalue weighted by Gasteiger charge is 2.27. The number of piperidine rings is 1. The predicted molar refractivity (Wildman–Crippen MR) is 80.0 cm³/mol. The fourth-order valence-corrected chi connectivity index (χ4v) is 2.89. The van der Waals surface area contributed by atoms with Crippen LogP contribution in [0.25, 0.3) is 0 Å². The van der Waals surface area contributed by atoms with Crippen LogP contribution in [0.1, 0.15) is 46.5 Å². The minimum Gasteiger partial charge on any atom is -0.342 e. The molecular weight excluding hydrogens is 238 g/mol. The normalized spacial score (nSPS) is 24.4. The summed E-state index contributed by atoms with van der Waals surface area (Å²) >= 11 is 0. The number of nitrogens with two attached hydrogens (primary N) is 1. The van der Waals surface area contributed by atoms with E-state index in [1.807, 2.05) is 4.90 Å². The summed E-state index contributed by atoms with van der Waals surface area (Å²) < 4.78 is 0. The van der Waals surface area contributed by atoms with Gasteiger partial charge in [0.2, 0.25) is 5.91 Å². The molecule has 0 bridgehead atoms. The van der Waals surface area contributed by atoms with E-state index in [-0.39, 0.29) is 5.91 Å². The van der Waals surface area contributed by atoms with E-state index in [0.717, 1.165) is 51.9 Å². The van der Waals surface area contributed by atoms with Crippen molar-refractivity contribution in [2.45, 2.75) is 52.5 Å². The molecule has 0 saturated carbocycles. The molecule has 0 aromatic carbocycles.